The standard InChI is InChI=1S/C74H54N2/c1-73(2)66-32-16-13-29-61(66)62-44-42-57(48-69(62)73)75(56-43-45-71-65(47-56)63-30-15-18-35-70(63)76(71)55-39-36-49-20-9-10-23-51(49)46-55)54-40-37-53(38-41-54)74(52-24-7-4-8-25-52)67-33-17-14-28-60(67)58-26-11-12-27-59(58)64-31-19-34-68(74)72(64)50-21-5-3-6-22-50/h3-48,63,70H,1-2H3. The van der Waals surface area contributed by atoms with E-state index in [0.29, 0.717) is 0 Å². The molecule has 0 fully saturated rings. The van der Waals surface area contributed by atoms with Crippen LogP contribution >= 0.6 is 0 Å². The number of benzene rings is 11. The number of rotatable bonds is 7. The van der Waals surface area contributed by atoms with E-state index in [1.165, 1.54) is 106 Å². The van der Waals surface area contributed by atoms with E-state index in [1.54, 1.807) is 0 Å². The van der Waals surface area contributed by atoms with Crippen LogP contribution in [-0.4, -0.2) is 6.04 Å². The lowest BCUT2D eigenvalue weighted by Crippen LogP contribution is -2.33. The smallest absolute Gasteiger partial charge is 0.0713 e. The summed E-state index contributed by atoms with van der Waals surface area (Å²) in [7, 11) is 0. The van der Waals surface area contributed by atoms with Gasteiger partial charge < -0.3 is 9.80 Å². The minimum atomic E-state index is -0.713. The highest BCUT2D eigenvalue weighted by Crippen LogP contribution is 2.57. The average molecular weight is 971 g/mol. The van der Waals surface area contributed by atoms with Gasteiger partial charge in [-0.1, -0.05) is 238 Å². The molecule has 11 aromatic carbocycles. The van der Waals surface area contributed by atoms with Gasteiger partial charge in [0.2, 0.25) is 0 Å². The molecule has 360 valence electrons. The van der Waals surface area contributed by atoms with Crippen molar-refractivity contribution in [3.05, 3.63) is 318 Å². The maximum absolute atomic E-state index is 2.55. The summed E-state index contributed by atoms with van der Waals surface area (Å²) in [6.07, 6.45) is 9.22. The second-order valence-corrected chi connectivity index (χ2v) is 21.5. The van der Waals surface area contributed by atoms with Crippen molar-refractivity contribution in [2.24, 2.45) is 0 Å². The Morgan fingerprint density at radius 1 is 0.382 bits per heavy atom. The van der Waals surface area contributed by atoms with Crippen LogP contribution in [0.2, 0.25) is 0 Å². The van der Waals surface area contributed by atoms with Gasteiger partial charge in [-0.2, -0.15) is 0 Å². The number of fused-ring (bicyclic) bond motifs is 13. The highest BCUT2D eigenvalue weighted by Gasteiger charge is 2.44. The third-order valence-corrected chi connectivity index (χ3v) is 17.3. The fourth-order valence-corrected chi connectivity index (χ4v) is 13.9. The molecule has 76 heavy (non-hydrogen) atoms. The SMILES string of the molecule is CC1(C)c2ccccc2-c2ccc(N(c3ccc(C4(c5ccccc5)c5ccccc5-c5ccccc5-c5cccc4c5-c4ccccc4)cc3)c3ccc4c(c3)C3C=CC=CC3N4c3ccc4ccccc4c3)cc21. The van der Waals surface area contributed by atoms with Gasteiger partial charge >= 0.3 is 0 Å². The second kappa shape index (κ2) is 17.2. The van der Waals surface area contributed by atoms with Gasteiger partial charge in [-0.15, -0.1) is 0 Å². The van der Waals surface area contributed by atoms with Gasteiger partial charge in [0.1, 0.15) is 0 Å². The Balaban J connectivity index is 0.954. The van der Waals surface area contributed by atoms with E-state index >= 15 is 0 Å². The van der Waals surface area contributed by atoms with Crippen molar-refractivity contribution in [1.29, 1.82) is 0 Å². The van der Waals surface area contributed by atoms with E-state index in [0.717, 1.165) is 17.1 Å². The van der Waals surface area contributed by atoms with Crippen LogP contribution in [0.1, 0.15) is 58.7 Å². The number of allylic oxidation sites excluding steroid dienone is 2. The van der Waals surface area contributed by atoms with Crippen molar-refractivity contribution in [2.75, 3.05) is 9.80 Å². The number of hydrogen-bond donors (Lipinski definition) is 0. The molecular weight excluding hydrogens is 917 g/mol. The van der Waals surface area contributed by atoms with Crippen LogP contribution in [0.25, 0.3) is 55.3 Å². The van der Waals surface area contributed by atoms with Crippen LogP contribution < -0.4 is 9.80 Å². The maximum Gasteiger partial charge on any atom is 0.0713 e. The van der Waals surface area contributed by atoms with Gasteiger partial charge in [0.05, 0.1) is 11.5 Å². The van der Waals surface area contributed by atoms with Crippen LogP contribution in [0.15, 0.2) is 279 Å². The molecule has 0 saturated heterocycles. The van der Waals surface area contributed by atoms with Crippen molar-refractivity contribution in [2.45, 2.75) is 36.6 Å². The molecule has 0 amide bonds. The maximum atomic E-state index is 2.55. The molecule has 0 aromatic heterocycles. The zero-order chi connectivity index (χ0) is 50.5. The lowest BCUT2D eigenvalue weighted by atomic mass is 9.60. The largest absolute Gasteiger partial charge is 0.333 e. The average Bonchev–Trinajstić information content (AvgIpc) is 3.94. The van der Waals surface area contributed by atoms with E-state index < -0.39 is 5.41 Å². The van der Waals surface area contributed by atoms with Gasteiger partial charge in [-0.05, 0) is 149 Å². The van der Waals surface area contributed by atoms with E-state index in [4.69, 9.17) is 0 Å². The van der Waals surface area contributed by atoms with Crippen LogP contribution in [0.5, 0.6) is 0 Å². The molecule has 11 aromatic rings. The monoisotopic (exact) mass is 970 g/mol. The topological polar surface area (TPSA) is 6.48 Å². The Hall–Kier alpha value is -9.24. The van der Waals surface area contributed by atoms with Gasteiger partial charge in [0.15, 0.2) is 0 Å². The molecule has 3 atom stereocenters. The first-order valence-corrected chi connectivity index (χ1v) is 26.8. The molecule has 3 unspecified atom stereocenters. The Kier molecular flexibility index (Phi) is 10.00. The third kappa shape index (κ3) is 6.53. The fraction of sp³-hybridized carbons (Fsp3) is 0.0811. The van der Waals surface area contributed by atoms with Crippen LogP contribution in [0.4, 0.5) is 28.4 Å². The van der Waals surface area contributed by atoms with E-state index in [2.05, 4.69) is 303 Å². The first-order chi connectivity index (χ1) is 37.5. The van der Waals surface area contributed by atoms with Gasteiger partial charge in [-0.25, -0.2) is 0 Å². The highest BCUT2D eigenvalue weighted by atomic mass is 15.2. The summed E-state index contributed by atoms with van der Waals surface area (Å²) < 4.78 is 0. The second-order valence-electron chi connectivity index (χ2n) is 21.5. The van der Waals surface area contributed by atoms with E-state index in [-0.39, 0.29) is 17.4 Å². The molecule has 2 heteroatoms. The molecule has 15 rings (SSSR count). The Morgan fingerprint density at radius 3 is 1.74 bits per heavy atom. The lowest BCUT2D eigenvalue weighted by Gasteiger charge is -2.41. The molecule has 0 radical (unpaired) electrons. The highest BCUT2D eigenvalue weighted by molar-refractivity contribution is 5.98. The molecule has 0 spiro atoms. The first-order valence-electron chi connectivity index (χ1n) is 26.8. The van der Waals surface area contributed by atoms with Crippen LogP contribution in [0, 0.1) is 0 Å². The molecular formula is C74H54N2. The number of anilines is 5. The van der Waals surface area contributed by atoms with Crippen molar-refractivity contribution in [3.63, 3.8) is 0 Å². The van der Waals surface area contributed by atoms with Crippen LogP contribution in [-0.2, 0) is 10.8 Å². The number of nitrogens with zero attached hydrogens (tertiary/aromatic N) is 2. The Bertz CT molecular complexity index is 4160. The summed E-state index contributed by atoms with van der Waals surface area (Å²) in [6, 6.07) is 96.1. The van der Waals surface area contributed by atoms with Gasteiger partial charge in [0.25, 0.3) is 0 Å². The molecule has 1 heterocycles. The summed E-state index contributed by atoms with van der Waals surface area (Å²) in [5.41, 5.74) is 24.0. The van der Waals surface area contributed by atoms with Crippen molar-refractivity contribution in [3.8, 4) is 44.5 Å². The molecule has 2 nitrogen and oxygen atoms in total. The molecule has 2 bridgehead atoms. The number of hydrogen-bond acceptors (Lipinski definition) is 2. The normalized spacial score (nSPS) is 17.9. The predicted molar refractivity (Wildman–Crippen MR) is 318 cm³/mol. The molecule has 0 N–H and O–H groups in total. The zero-order valence-electron chi connectivity index (χ0n) is 42.6. The zero-order valence-corrected chi connectivity index (χ0v) is 42.6. The van der Waals surface area contributed by atoms with Gasteiger partial charge in [-0.3, -0.25) is 0 Å². The summed E-state index contributed by atoms with van der Waals surface area (Å²) in [4.78, 5) is 5.06. The van der Waals surface area contributed by atoms with Gasteiger partial charge in [0, 0.05) is 39.8 Å². The Morgan fingerprint density at radius 2 is 0.947 bits per heavy atom. The quantitative estimate of drug-likeness (QED) is 0.157. The van der Waals surface area contributed by atoms with E-state index in [9.17, 15) is 0 Å². The summed E-state index contributed by atoms with van der Waals surface area (Å²) >= 11 is 0. The fourth-order valence-electron chi connectivity index (χ4n) is 13.9. The summed E-state index contributed by atoms with van der Waals surface area (Å²) in [5, 5.41) is 2.50. The molecule has 4 aliphatic rings. The molecule has 3 aliphatic carbocycles. The Labute approximate surface area is 445 Å². The minimum Gasteiger partial charge on any atom is -0.333 e. The molecule has 0 saturated carbocycles. The predicted octanol–water partition coefficient (Wildman–Crippen LogP) is 19.0. The lowest BCUT2D eigenvalue weighted by molar-refractivity contribution is 0.660. The van der Waals surface area contributed by atoms with Crippen molar-refractivity contribution in [1.82, 2.24) is 0 Å². The molecule has 1 aliphatic heterocycles. The minimum absolute atomic E-state index is 0.163. The summed E-state index contributed by atoms with van der Waals surface area (Å²) in [6.45, 7) is 4.76. The van der Waals surface area contributed by atoms with E-state index in [1.807, 2.05) is 0 Å². The summed E-state index contributed by atoms with van der Waals surface area (Å²) in [5.74, 6) is 0.189. The van der Waals surface area contributed by atoms with Crippen molar-refractivity contribution >= 4 is 39.2 Å². The van der Waals surface area contributed by atoms with Crippen LogP contribution in [0.3, 0.4) is 0 Å². The van der Waals surface area contributed by atoms with Crippen molar-refractivity contribution < 1.29 is 0 Å². The first kappa shape index (κ1) is 44.3. The third-order valence-electron chi connectivity index (χ3n) is 17.3.